The van der Waals surface area contributed by atoms with Crippen molar-refractivity contribution >= 4 is 29.2 Å². The van der Waals surface area contributed by atoms with Crippen LogP contribution in [0, 0.1) is 11.3 Å². The lowest BCUT2D eigenvalue weighted by atomic mass is 10.0. The van der Waals surface area contributed by atoms with Crippen LogP contribution in [-0.4, -0.2) is 34.8 Å². The molecule has 0 unspecified atom stereocenters. The summed E-state index contributed by atoms with van der Waals surface area (Å²) in [6.45, 7) is 3.11. The van der Waals surface area contributed by atoms with E-state index in [0.29, 0.717) is 11.0 Å². The average Bonchev–Trinajstić information content (AvgIpc) is 2.73. The maximum Gasteiger partial charge on any atom is 0.417 e. The molecule has 0 N–H and O–H groups in total. The van der Waals surface area contributed by atoms with E-state index < -0.39 is 34.8 Å². The van der Waals surface area contributed by atoms with Crippen molar-refractivity contribution in [3.63, 3.8) is 0 Å². The summed E-state index contributed by atoms with van der Waals surface area (Å²) < 4.78 is 39.5. The number of nitrogens with zero attached hydrogens (tertiary/aromatic N) is 3. The summed E-state index contributed by atoms with van der Waals surface area (Å²) in [7, 11) is 0. The third-order valence-electron chi connectivity index (χ3n) is 4.05. The van der Waals surface area contributed by atoms with Gasteiger partial charge in [0.2, 0.25) is 0 Å². The zero-order chi connectivity index (χ0) is 19.7. The van der Waals surface area contributed by atoms with Crippen molar-refractivity contribution in [3.8, 4) is 6.07 Å². The first-order valence-electron chi connectivity index (χ1n) is 7.54. The monoisotopic (exact) mass is 385 g/mol. The highest BCUT2D eigenvalue weighted by Crippen LogP contribution is 2.37. The number of amides is 3. The zero-order valence-electron chi connectivity index (χ0n) is 14.0. The molecule has 26 heavy (non-hydrogen) atoms. The molecule has 1 fully saturated rings. The van der Waals surface area contributed by atoms with Crippen LogP contribution < -0.4 is 4.90 Å². The van der Waals surface area contributed by atoms with Crippen molar-refractivity contribution in [2.45, 2.75) is 25.6 Å². The number of hydrogen-bond acceptors (Lipinski definition) is 3. The van der Waals surface area contributed by atoms with Gasteiger partial charge in [0.25, 0.3) is 5.91 Å². The van der Waals surface area contributed by atoms with Gasteiger partial charge in [0.15, 0.2) is 0 Å². The smallest absolute Gasteiger partial charge is 0.306 e. The Balaban J connectivity index is 2.49. The second-order valence-corrected chi connectivity index (χ2v) is 6.37. The Bertz CT molecular complexity index is 812. The van der Waals surface area contributed by atoms with E-state index in [-0.39, 0.29) is 18.1 Å². The number of urea groups is 1. The molecule has 9 heteroatoms. The molecule has 5 nitrogen and oxygen atoms in total. The van der Waals surface area contributed by atoms with E-state index in [1.54, 1.807) is 12.2 Å². The molecule has 0 atom stereocenters. The second kappa shape index (κ2) is 7.00. The number of imide groups is 1. The molecule has 1 aliphatic rings. The number of anilines is 1. The Kier molecular flexibility index (Phi) is 5.33. The summed E-state index contributed by atoms with van der Waals surface area (Å²) in [5.41, 5.74) is -3.25. The van der Waals surface area contributed by atoms with Crippen molar-refractivity contribution in [2.75, 3.05) is 17.3 Å². The lowest BCUT2D eigenvalue weighted by Gasteiger charge is -2.26. The van der Waals surface area contributed by atoms with Crippen LogP contribution in [0.5, 0.6) is 0 Å². The standard InChI is InChI=1S/C17H15ClF3N3O2/c1-16(2)14(25)24(15(26)23(16)8-4-3-7-18)12-6-5-11(10-22)13(9-12)17(19,20)21/h3-6,9H,7-8H2,1-2H3. The van der Waals surface area contributed by atoms with Crippen LogP contribution >= 0.6 is 11.6 Å². The first kappa shape index (κ1) is 19.8. The summed E-state index contributed by atoms with van der Waals surface area (Å²) in [6.07, 6.45) is -1.59. The van der Waals surface area contributed by atoms with Gasteiger partial charge in [0.05, 0.1) is 22.9 Å². The zero-order valence-corrected chi connectivity index (χ0v) is 14.7. The number of benzene rings is 1. The molecular weight excluding hydrogens is 371 g/mol. The van der Waals surface area contributed by atoms with Crippen molar-refractivity contribution in [3.05, 3.63) is 41.5 Å². The van der Waals surface area contributed by atoms with E-state index in [2.05, 4.69) is 0 Å². The molecule has 0 spiro atoms. The number of carbonyl (C=O) groups excluding carboxylic acids is 2. The maximum atomic E-state index is 13.2. The Morgan fingerprint density at radius 2 is 1.92 bits per heavy atom. The fourth-order valence-corrected chi connectivity index (χ4v) is 2.74. The molecule has 0 aromatic heterocycles. The maximum absolute atomic E-state index is 13.2. The number of allylic oxidation sites excluding steroid dienone is 1. The molecule has 0 saturated carbocycles. The van der Waals surface area contributed by atoms with Crippen LogP contribution in [0.3, 0.4) is 0 Å². The lowest BCUT2D eigenvalue weighted by molar-refractivity contribution is -0.137. The molecule has 1 heterocycles. The van der Waals surface area contributed by atoms with E-state index in [0.717, 1.165) is 12.1 Å². The van der Waals surface area contributed by atoms with Crippen LogP contribution in [-0.2, 0) is 11.0 Å². The second-order valence-electron chi connectivity index (χ2n) is 6.06. The van der Waals surface area contributed by atoms with Crippen LogP contribution in [0.1, 0.15) is 25.0 Å². The molecule has 1 saturated heterocycles. The first-order chi connectivity index (χ1) is 12.1. The van der Waals surface area contributed by atoms with Gasteiger partial charge < -0.3 is 4.90 Å². The number of halogens is 4. The first-order valence-corrected chi connectivity index (χ1v) is 8.07. The van der Waals surface area contributed by atoms with E-state index in [1.165, 1.54) is 24.8 Å². The number of carbonyl (C=O) groups is 2. The molecule has 0 radical (unpaired) electrons. The third kappa shape index (κ3) is 3.40. The molecular formula is C17H15ClF3N3O2. The van der Waals surface area contributed by atoms with Gasteiger partial charge in [-0.3, -0.25) is 4.79 Å². The van der Waals surface area contributed by atoms with Crippen LogP contribution in [0.2, 0.25) is 0 Å². The molecule has 1 aromatic rings. The van der Waals surface area contributed by atoms with Crippen LogP contribution in [0.25, 0.3) is 0 Å². The Morgan fingerprint density at radius 1 is 1.27 bits per heavy atom. The number of hydrogen-bond donors (Lipinski definition) is 0. The Morgan fingerprint density at radius 3 is 2.46 bits per heavy atom. The lowest BCUT2D eigenvalue weighted by Crippen LogP contribution is -2.44. The van der Waals surface area contributed by atoms with E-state index in [4.69, 9.17) is 16.9 Å². The highest BCUT2D eigenvalue weighted by Gasteiger charge is 2.51. The van der Waals surface area contributed by atoms with Gasteiger partial charge in [-0.25, -0.2) is 9.69 Å². The van der Waals surface area contributed by atoms with Gasteiger partial charge in [-0.05, 0) is 32.0 Å². The predicted octanol–water partition coefficient (Wildman–Crippen LogP) is 3.92. The topological polar surface area (TPSA) is 64.4 Å². The van der Waals surface area contributed by atoms with Crippen molar-refractivity contribution in [2.24, 2.45) is 0 Å². The molecule has 3 amide bonds. The molecule has 138 valence electrons. The summed E-state index contributed by atoms with van der Waals surface area (Å²) in [5.74, 6) is -0.426. The average molecular weight is 386 g/mol. The number of nitriles is 1. The summed E-state index contributed by atoms with van der Waals surface area (Å²) >= 11 is 5.54. The van der Waals surface area contributed by atoms with Gasteiger partial charge in [0, 0.05) is 12.4 Å². The van der Waals surface area contributed by atoms with Gasteiger partial charge in [-0.2, -0.15) is 18.4 Å². The summed E-state index contributed by atoms with van der Waals surface area (Å²) in [4.78, 5) is 27.3. The molecule has 2 rings (SSSR count). The molecule has 0 bridgehead atoms. The largest absolute Gasteiger partial charge is 0.417 e. The Labute approximate surface area is 153 Å². The SMILES string of the molecule is CC1(C)C(=O)N(c2ccc(C#N)c(C(F)(F)F)c2)C(=O)N1CC=CCCl. The van der Waals surface area contributed by atoms with E-state index in [1.807, 2.05) is 0 Å². The van der Waals surface area contributed by atoms with Crippen molar-refractivity contribution in [1.29, 1.82) is 5.26 Å². The molecule has 0 aliphatic carbocycles. The van der Waals surface area contributed by atoms with E-state index in [9.17, 15) is 22.8 Å². The van der Waals surface area contributed by atoms with Crippen molar-refractivity contribution in [1.82, 2.24) is 4.90 Å². The predicted molar refractivity (Wildman–Crippen MR) is 89.7 cm³/mol. The van der Waals surface area contributed by atoms with Gasteiger partial charge >= 0.3 is 12.2 Å². The minimum Gasteiger partial charge on any atom is -0.306 e. The minimum atomic E-state index is -4.79. The normalized spacial score (nSPS) is 17.3. The number of rotatable bonds is 4. The van der Waals surface area contributed by atoms with Gasteiger partial charge in [-0.1, -0.05) is 12.2 Å². The van der Waals surface area contributed by atoms with Crippen molar-refractivity contribution < 1.29 is 22.8 Å². The fraction of sp³-hybridized carbons (Fsp3) is 0.353. The summed E-state index contributed by atoms with van der Waals surface area (Å²) in [6, 6.07) is 3.46. The highest BCUT2D eigenvalue weighted by molar-refractivity contribution is 6.23. The molecule has 1 aliphatic heterocycles. The van der Waals surface area contributed by atoms with Gasteiger partial charge in [0.1, 0.15) is 5.54 Å². The van der Waals surface area contributed by atoms with Gasteiger partial charge in [-0.15, -0.1) is 11.6 Å². The summed E-state index contributed by atoms with van der Waals surface area (Å²) in [5, 5.41) is 8.86. The highest BCUT2D eigenvalue weighted by atomic mass is 35.5. The minimum absolute atomic E-state index is 0.0865. The molecule has 1 aromatic carbocycles. The third-order valence-corrected chi connectivity index (χ3v) is 4.23. The Hall–Kier alpha value is -2.53. The van der Waals surface area contributed by atoms with E-state index >= 15 is 0 Å². The quantitative estimate of drug-likeness (QED) is 0.448. The van der Waals surface area contributed by atoms with Crippen LogP contribution in [0.4, 0.5) is 23.7 Å². The van der Waals surface area contributed by atoms with Crippen LogP contribution in [0.15, 0.2) is 30.4 Å². The number of alkyl halides is 4. The fourth-order valence-electron chi connectivity index (χ4n) is 2.62.